The van der Waals surface area contributed by atoms with Gasteiger partial charge in [-0.15, -0.1) is 0 Å². The van der Waals surface area contributed by atoms with Crippen LogP contribution in [0.4, 0.5) is 5.82 Å². The average Bonchev–Trinajstić information content (AvgIpc) is 2.41. The molecule has 1 aromatic heterocycles. The van der Waals surface area contributed by atoms with E-state index in [2.05, 4.69) is 39.1 Å². The van der Waals surface area contributed by atoms with Crippen molar-refractivity contribution in [1.29, 1.82) is 0 Å². The molecule has 0 aliphatic rings. The van der Waals surface area contributed by atoms with E-state index in [1.54, 1.807) is 0 Å². The lowest BCUT2D eigenvalue weighted by Crippen LogP contribution is -2.23. The van der Waals surface area contributed by atoms with E-state index in [9.17, 15) is 0 Å². The Kier molecular flexibility index (Phi) is 4.38. The largest absolute Gasteiger partial charge is 0.359 e. The first-order valence-corrected chi connectivity index (χ1v) is 6.71. The highest BCUT2D eigenvalue weighted by Crippen LogP contribution is 2.22. The van der Waals surface area contributed by atoms with Crippen molar-refractivity contribution in [3.8, 4) is 0 Å². The number of rotatable bonds is 4. The molecule has 0 saturated carbocycles. The molecule has 2 aromatic rings. The normalized spacial score (nSPS) is 10.5. The Morgan fingerprint density at radius 3 is 2.47 bits per heavy atom. The van der Waals surface area contributed by atoms with Gasteiger partial charge in [0, 0.05) is 19.2 Å². The van der Waals surface area contributed by atoms with Gasteiger partial charge in [-0.3, -0.25) is 0 Å². The lowest BCUT2D eigenvalue weighted by molar-refractivity contribution is 0.842. The molecule has 0 amide bonds. The Morgan fingerprint density at radius 2 is 1.79 bits per heavy atom. The quantitative estimate of drug-likeness (QED) is 0.801. The van der Waals surface area contributed by atoms with Crippen molar-refractivity contribution < 1.29 is 0 Å². The van der Waals surface area contributed by atoms with Gasteiger partial charge in [0.2, 0.25) is 0 Å². The van der Waals surface area contributed by atoms with Crippen molar-refractivity contribution in [2.24, 2.45) is 0 Å². The third-order valence-corrected chi connectivity index (χ3v) is 3.48. The zero-order valence-electron chi connectivity index (χ0n) is 11.5. The van der Waals surface area contributed by atoms with Gasteiger partial charge < -0.3 is 4.90 Å². The molecule has 0 radical (unpaired) electrons. The fourth-order valence-corrected chi connectivity index (χ4v) is 2.21. The van der Waals surface area contributed by atoms with Gasteiger partial charge in [0.1, 0.15) is 16.8 Å². The van der Waals surface area contributed by atoms with Crippen LogP contribution in [0.25, 0.3) is 0 Å². The smallest absolute Gasteiger partial charge is 0.137 e. The van der Waals surface area contributed by atoms with Crippen molar-refractivity contribution in [1.82, 2.24) is 9.97 Å². The molecule has 1 heterocycles. The number of likely N-dealkylation sites (N-methyl/N-ethyl adjacent to an activating group) is 1. The first kappa shape index (κ1) is 13.8. The zero-order chi connectivity index (χ0) is 13.8. The standard InChI is InChI=1S/C15H18ClN3/c1-11-14(16)17-12(2)18-15(11)19(3)10-9-13-7-5-4-6-8-13/h4-8H,9-10H2,1-3H3. The predicted molar refractivity (Wildman–Crippen MR) is 79.9 cm³/mol. The second-order valence-electron chi connectivity index (χ2n) is 4.67. The Hall–Kier alpha value is -1.61. The first-order valence-electron chi connectivity index (χ1n) is 6.33. The SMILES string of the molecule is Cc1nc(Cl)c(C)c(N(C)CCc2ccccc2)n1. The highest BCUT2D eigenvalue weighted by atomic mass is 35.5. The number of hydrogen-bond acceptors (Lipinski definition) is 3. The molecule has 3 nitrogen and oxygen atoms in total. The minimum absolute atomic E-state index is 0.536. The van der Waals surface area contributed by atoms with Crippen LogP contribution in [0.2, 0.25) is 5.15 Å². The molecule has 19 heavy (non-hydrogen) atoms. The molecule has 0 aliphatic carbocycles. The van der Waals surface area contributed by atoms with Crippen LogP contribution in [0.15, 0.2) is 30.3 Å². The summed E-state index contributed by atoms with van der Waals surface area (Å²) in [5.74, 6) is 1.62. The zero-order valence-corrected chi connectivity index (χ0v) is 12.3. The number of halogens is 1. The summed E-state index contributed by atoms with van der Waals surface area (Å²) in [6, 6.07) is 10.4. The number of nitrogens with zero attached hydrogens (tertiary/aromatic N) is 3. The highest BCUT2D eigenvalue weighted by Gasteiger charge is 2.11. The summed E-state index contributed by atoms with van der Waals surface area (Å²) in [6.07, 6.45) is 0.984. The minimum atomic E-state index is 0.536. The van der Waals surface area contributed by atoms with Gasteiger partial charge in [0.25, 0.3) is 0 Å². The maximum atomic E-state index is 6.10. The molecule has 0 saturated heterocycles. The van der Waals surface area contributed by atoms with Crippen LogP contribution in [0.1, 0.15) is 17.0 Å². The minimum Gasteiger partial charge on any atom is -0.359 e. The van der Waals surface area contributed by atoms with E-state index in [4.69, 9.17) is 11.6 Å². The Balaban J connectivity index is 2.10. The van der Waals surface area contributed by atoms with Crippen molar-refractivity contribution in [3.63, 3.8) is 0 Å². The van der Waals surface area contributed by atoms with E-state index < -0.39 is 0 Å². The number of aryl methyl sites for hydroxylation is 1. The van der Waals surface area contributed by atoms with Crippen LogP contribution < -0.4 is 4.90 Å². The van der Waals surface area contributed by atoms with Crippen molar-refractivity contribution in [3.05, 3.63) is 52.4 Å². The molecular weight excluding hydrogens is 258 g/mol. The molecule has 4 heteroatoms. The van der Waals surface area contributed by atoms with E-state index in [1.807, 2.05) is 27.0 Å². The number of hydrogen-bond donors (Lipinski definition) is 0. The third-order valence-electron chi connectivity index (χ3n) is 3.11. The molecule has 0 aliphatic heterocycles. The van der Waals surface area contributed by atoms with Crippen LogP contribution in [-0.2, 0) is 6.42 Å². The van der Waals surface area contributed by atoms with Gasteiger partial charge in [-0.25, -0.2) is 9.97 Å². The van der Waals surface area contributed by atoms with E-state index >= 15 is 0 Å². The van der Waals surface area contributed by atoms with Gasteiger partial charge >= 0.3 is 0 Å². The summed E-state index contributed by atoms with van der Waals surface area (Å²) >= 11 is 6.10. The van der Waals surface area contributed by atoms with Crippen LogP contribution >= 0.6 is 11.6 Å². The molecule has 0 N–H and O–H groups in total. The molecule has 0 bridgehead atoms. The Labute approximate surface area is 119 Å². The van der Waals surface area contributed by atoms with E-state index in [1.165, 1.54) is 5.56 Å². The molecule has 0 atom stereocenters. The maximum absolute atomic E-state index is 6.10. The van der Waals surface area contributed by atoms with E-state index in [0.29, 0.717) is 11.0 Å². The van der Waals surface area contributed by atoms with Crippen LogP contribution in [0, 0.1) is 13.8 Å². The second kappa shape index (κ2) is 6.02. The summed E-state index contributed by atoms with van der Waals surface area (Å²) in [5, 5.41) is 0.536. The molecule has 2 rings (SSSR count). The lowest BCUT2D eigenvalue weighted by atomic mass is 10.1. The summed E-state index contributed by atoms with van der Waals surface area (Å²) < 4.78 is 0. The first-order chi connectivity index (χ1) is 9.08. The van der Waals surface area contributed by atoms with E-state index in [-0.39, 0.29) is 0 Å². The highest BCUT2D eigenvalue weighted by molar-refractivity contribution is 6.30. The number of anilines is 1. The number of benzene rings is 1. The second-order valence-corrected chi connectivity index (χ2v) is 5.03. The summed E-state index contributed by atoms with van der Waals surface area (Å²) in [7, 11) is 2.04. The third kappa shape index (κ3) is 3.44. The molecule has 100 valence electrons. The average molecular weight is 276 g/mol. The predicted octanol–water partition coefficient (Wildman–Crippen LogP) is 3.43. The summed E-state index contributed by atoms with van der Waals surface area (Å²) in [6.45, 7) is 4.72. The molecule has 0 unspecified atom stereocenters. The fraction of sp³-hybridized carbons (Fsp3) is 0.333. The van der Waals surface area contributed by atoms with Crippen molar-refractivity contribution in [2.75, 3.05) is 18.5 Å². The molecule has 0 spiro atoms. The summed E-state index contributed by atoms with van der Waals surface area (Å²) in [5.41, 5.74) is 2.26. The van der Waals surface area contributed by atoms with Gasteiger partial charge in [-0.05, 0) is 25.8 Å². The molecular formula is C15H18ClN3. The van der Waals surface area contributed by atoms with Gasteiger partial charge in [0.05, 0.1) is 0 Å². The fourth-order valence-electron chi connectivity index (χ4n) is 2.00. The topological polar surface area (TPSA) is 29.0 Å². The van der Waals surface area contributed by atoms with Crippen molar-refractivity contribution in [2.45, 2.75) is 20.3 Å². The maximum Gasteiger partial charge on any atom is 0.137 e. The lowest BCUT2D eigenvalue weighted by Gasteiger charge is -2.20. The van der Waals surface area contributed by atoms with Crippen LogP contribution in [0.3, 0.4) is 0 Å². The van der Waals surface area contributed by atoms with Crippen molar-refractivity contribution >= 4 is 17.4 Å². The summed E-state index contributed by atoms with van der Waals surface area (Å²) in [4.78, 5) is 10.8. The molecule has 0 fully saturated rings. The Morgan fingerprint density at radius 1 is 1.11 bits per heavy atom. The van der Waals surface area contributed by atoms with E-state index in [0.717, 1.165) is 24.3 Å². The van der Waals surface area contributed by atoms with Crippen LogP contribution in [0.5, 0.6) is 0 Å². The van der Waals surface area contributed by atoms with Gasteiger partial charge in [0.15, 0.2) is 0 Å². The molecule has 1 aromatic carbocycles. The van der Waals surface area contributed by atoms with Crippen LogP contribution in [-0.4, -0.2) is 23.6 Å². The van der Waals surface area contributed by atoms with Gasteiger partial charge in [-0.2, -0.15) is 0 Å². The van der Waals surface area contributed by atoms with Gasteiger partial charge in [-0.1, -0.05) is 41.9 Å². The number of aromatic nitrogens is 2. The monoisotopic (exact) mass is 275 g/mol. The Bertz CT molecular complexity index is 555.